The molecular weight excluding hydrogens is 252 g/mol. The van der Waals surface area contributed by atoms with Crippen LogP contribution in [-0.2, 0) is 4.74 Å². The van der Waals surface area contributed by atoms with Crippen molar-refractivity contribution in [2.24, 2.45) is 5.92 Å². The van der Waals surface area contributed by atoms with Crippen molar-refractivity contribution in [1.82, 2.24) is 4.90 Å². The predicted octanol–water partition coefficient (Wildman–Crippen LogP) is 2.30. The topological polar surface area (TPSA) is 45.5 Å². The van der Waals surface area contributed by atoms with Crippen LogP contribution in [0.2, 0.25) is 0 Å². The van der Waals surface area contributed by atoms with Crippen LogP contribution in [0.1, 0.15) is 18.4 Å². The average molecular weight is 274 g/mol. The molecule has 0 saturated carbocycles. The number of benzene rings is 1. The summed E-state index contributed by atoms with van der Waals surface area (Å²) in [4.78, 5) is 2.44. The molecule has 1 saturated heterocycles. The Balaban J connectivity index is 1.71. The fraction of sp³-hybridized carbons (Fsp3) is 0.562. The number of ether oxygens (including phenoxy) is 2. The zero-order valence-electron chi connectivity index (χ0n) is 12.0. The molecule has 4 nitrogen and oxygen atoms in total. The molecule has 1 aromatic rings. The lowest BCUT2D eigenvalue weighted by molar-refractivity contribution is 0.0832. The van der Waals surface area contributed by atoms with Crippen molar-refractivity contribution in [2.45, 2.75) is 12.8 Å². The van der Waals surface area contributed by atoms with Crippen molar-refractivity contribution >= 4 is 0 Å². The summed E-state index contributed by atoms with van der Waals surface area (Å²) in [6.07, 6.45) is 2.51. The van der Waals surface area contributed by atoms with Crippen molar-refractivity contribution in [1.29, 1.82) is 5.26 Å². The van der Waals surface area contributed by atoms with E-state index >= 15 is 0 Å². The fourth-order valence-corrected chi connectivity index (χ4v) is 2.64. The highest BCUT2D eigenvalue weighted by molar-refractivity contribution is 5.34. The van der Waals surface area contributed by atoms with Crippen molar-refractivity contribution < 1.29 is 9.47 Å². The lowest BCUT2D eigenvalue weighted by atomic mass is 9.99. The molecule has 0 radical (unpaired) electrons. The van der Waals surface area contributed by atoms with Crippen LogP contribution in [0, 0.1) is 17.2 Å². The second-order valence-corrected chi connectivity index (χ2v) is 5.25. The molecule has 0 bridgehead atoms. The quantitative estimate of drug-likeness (QED) is 0.798. The van der Waals surface area contributed by atoms with Gasteiger partial charge in [-0.1, -0.05) is 0 Å². The van der Waals surface area contributed by atoms with E-state index in [2.05, 4.69) is 11.0 Å². The first-order valence-electron chi connectivity index (χ1n) is 7.16. The predicted molar refractivity (Wildman–Crippen MR) is 77.7 cm³/mol. The molecule has 1 aliphatic rings. The monoisotopic (exact) mass is 274 g/mol. The number of nitriles is 1. The molecule has 0 N–H and O–H groups in total. The average Bonchev–Trinajstić information content (AvgIpc) is 2.49. The lowest BCUT2D eigenvalue weighted by Crippen LogP contribution is -2.39. The summed E-state index contributed by atoms with van der Waals surface area (Å²) in [5.41, 5.74) is 0.663. The van der Waals surface area contributed by atoms with Gasteiger partial charge in [0.05, 0.1) is 18.2 Å². The van der Waals surface area contributed by atoms with E-state index in [1.807, 2.05) is 12.1 Å². The second kappa shape index (κ2) is 7.88. The van der Waals surface area contributed by atoms with Gasteiger partial charge in [0.15, 0.2) is 0 Å². The molecule has 2 rings (SSSR count). The van der Waals surface area contributed by atoms with Gasteiger partial charge in [0.1, 0.15) is 12.4 Å². The molecule has 1 heterocycles. The van der Waals surface area contributed by atoms with Crippen LogP contribution in [0.25, 0.3) is 0 Å². The molecule has 0 amide bonds. The normalized spacial score (nSPS) is 19.5. The molecule has 1 aromatic carbocycles. The van der Waals surface area contributed by atoms with E-state index in [9.17, 15) is 0 Å². The Labute approximate surface area is 120 Å². The Hall–Kier alpha value is -1.57. The largest absolute Gasteiger partial charge is 0.492 e. The number of likely N-dealkylation sites (tertiary alicyclic amines) is 1. The van der Waals surface area contributed by atoms with Gasteiger partial charge in [0.2, 0.25) is 0 Å². The Morgan fingerprint density at radius 3 is 2.85 bits per heavy atom. The summed E-state index contributed by atoms with van der Waals surface area (Å²) in [6.45, 7) is 4.74. The Morgan fingerprint density at radius 2 is 2.15 bits per heavy atom. The van der Waals surface area contributed by atoms with Crippen LogP contribution < -0.4 is 4.74 Å². The number of hydrogen-bond donors (Lipinski definition) is 0. The molecular formula is C16H22N2O2. The molecule has 1 aliphatic heterocycles. The third kappa shape index (κ3) is 4.52. The highest BCUT2D eigenvalue weighted by atomic mass is 16.5. The smallest absolute Gasteiger partial charge is 0.119 e. The number of piperidine rings is 1. The van der Waals surface area contributed by atoms with E-state index in [0.717, 1.165) is 32.0 Å². The van der Waals surface area contributed by atoms with Crippen molar-refractivity contribution in [3.05, 3.63) is 29.8 Å². The van der Waals surface area contributed by atoms with Gasteiger partial charge in [0.25, 0.3) is 0 Å². The summed E-state index contributed by atoms with van der Waals surface area (Å²) < 4.78 is 11.0. The molecule has 108 valence electrons. The van der Waals surface area contributed by atoms with E-state index < -0.39 is 0 Å². The van der Waals surface area contributed by atoms with Crippen molar-refractivity contribution in [3.8, 4) is 11.8 Å². The minimum Gasteiger partial charge on any atom is -0.492 e. The van der Waals surface area contributed by atoms with Crippen molar-refractivity contribution in [3.63, 3.8) is 0 Å². The molecule has 1 atom stereocenters. The van der Waals surface area contributed by atoms with Crippen LogP contribution in [0.5, 0.6) is 5.75 Å². The van der Waals surface area contributed by atoms with Gasteiger partial charge in [-0.25, -0.2) is 0 Å². The van der Waals surface area contributed by atoms with Crippen LogP contribution in [0.4, 0.5) is 0 Å². The zero-order chi connectivity index (χ0) is 14.2. The van der Waals surface area contributed by atoms with E-state index in [0.29, 0.717) is 18.1 Å². The Kier molecular flexibility index (Phi) is 5.85. The van der Waals surface area contributed by atoms with E-state index in [1.165, 1.54) is 12.8 Å². The molecule has 0 unspecified atom stereocenters. The first kappa shape index (κ1) is 14.8. The first-order chi connectivity index (χ1) is 9.81. The molecule has 0 aliphatic carbocycles. The fourth-order valence-electron chi connectivity index (χ4n) is 2.64. The molecule has 4 heteroatoms. The van der Waals surface area contributed by atoms with Crippen molar-refractivity contribution in [2.75, 3.05) is 40.0 Å². The third-order valence-electron chi connectivity index (χ3n) is 3.67. The zero-order valence-corrected chi connectivity index (χ0v) is 12.0. The third-order valence-corrected chi connectivity index (χ3v) is 3.67. The summed E-state index contributed by atoms with van der Waals surface area (Å²) in [5, 5.41) is 8.74. The van der Waals surface area contributed by atoms with Gasteiger partial charge in [-0.05, 0) is 49.6 Å². The number of hydrogen-bond acceptors (Lipinski definition) is 4. The summed E-state index contributed by atoms with van der Waals surface area (Å²) in [6, 6.07) is 9.37. The maximum atomic E-state index is 8.74. The van der Waals surface area contributed by atoms with Gasteiger partial charge < -0.3 is 9.47 Å². The number of rotatable bonds is 6. The summed E-state index contributed by atoms with van der Waals surface area (Å²) in [5.74, 6) is 1.48. The maximum Gasteiger partial charge on any atom is 0.119 e. The SMILES string of the molecule is COC[C@@H]1CCCN(CCOc2ccc(C#N)cc2)C1. The minimum absolute atomic E-state index is 0.656. The van der Waals surface area contributed by atoms with E-state index in [4.69, 9.17) is 14.7 Å². The molecule has 1 fully saturated rings. The Morgan fingerprint density at radius 1 is 1.35 bits per heavy atom. The molecule has 0 spiro atoms. The highest BCUT2D eigenvalue weighted by Crippen LogP contribution is 2.17. The van der Waals surface area contributed by atoms with Crippen LogP contribution in [-0.4, -0.2) is 44.9 Å². The van der Waals surface area contributed by atoms with E-state index in [-0.39, 0.29) is 0 Å². The van der Waals surface area contributed by atoms with Crippen LogP contribution in [0.3, 0.4) is 0 Å². The standard InChI is InChI=1S/C16H22N2O2/c1-19-13-15-3-2-8-18(12-15)9-10-20-16-6-4-14(11-17)5-7-16/h4-7,15H,2-3,8-10,12-13H2,1H3/t15-/m1/s1. The molecule has 20 heavy (non-hydrogen) atoms. The van der Waals surface area contributed by atoms with E-state index in [1.54, 1.807) is 19.2 Å². The number of nitrogens with zero attached hydrogens (tertiary/aromatic N) is 2. The van der Waals surface area contributed by atoms with Gasteiger partial charge in [0, 0.05) is 20.2 Å². The maximum absolute atomic E-state index is 8.74. The number of methoxy groups -OCH3 is 1. The van der Waals surface area contributed by atoms with Gasteiger partial charge >= 0.3 is 0 Å². The second-order valence-electron chi connectivity index (χ2n) is 5.25. The Bertz CT molecular complexity index is 437. The van der Waals surface area contributed by atoms with Gasteiger partial charge in [-0.2, -0.15) is 5.26 Å². The summed E-state index contributed by atoms with van der Waals surface area (Å²) >= 11 is 0. The van der Waals surface area contributed by atoms with Crippen LogP contribution >= 0.6 is 0 Å². The lowest BCUT2D eigenvalue weighted by Gasteiger charge is -2.32. The van der Waals surface area contributed by atoms with Gasteiger partial charge in [-0.3, -0.25) is 4.90 Å². The first-order valence-corrected chi connectivity index (χ1v) is 7.16. The minimum atomic E-state index is 0.656. The van der Waals surface area contributed by atoms with Crippen LogP contribution in [0.15, 0.2) is 24.3 Å². The summed E-state index contributed by atoms with van der Waals surface area (Å²) in [7, 11) is 1.77. The van der Waals surface area contributed by atoms with Gasteiger partial charge in [-0.15, -0.1) is 0 Å². The molecule has 0 aromatic heterocycles. The highest BCUT2D eigenvalue weighted by Gasteiger charge is 2.19.